The number of fused-ring (bicyclic) bond motifs is 1. The van der Waals surface area contributed by atoms with Gasteiger partial charge in [-0.15, -0.1) is 5.10 Å². The molecule has 0 spiro atoms. The number of nitrogens with two attached hydrogens (primary N) is 1. The van der Waals surface area contributed by atoms with Crippen molar-refractivity contribution < 1.29 is 9.13 Å². The molecular formula is C23H26ClFN6O. The molecule has 168 valence electrons. The first-order valence-corrected chi connectivity index (χ1v) is 11.3. The van der Waals surface area contributed by atoms with Gasteiger partial charge in [-0.1, -0.05) is 23.7 Å². The minimum absolute atomic E-state index is 0.169. The number of nitrogen functional groups attached to an aromatic ring is 1. The highest BCUT2D eigenvalue weighted by molar-refractivity contribution is 6.30. The summed E-state index contributed by atoms with van der Waals surface area (Å²) in [5.41, 5.74) is 7.79. The number of benzene rings is 2. The molecule has 2 aliphatic heterocycles. The molecule has 1 aromatic heterocycles. The zero-order valence-electron chi connectivity index (χ0n) is 17.7. The van der Waals surface area contributed by atoms with E-state index in [9.17, 15) is 4.39 Å². The smallest absolute Gasteiger partial charge is 0.246 e. The quantitative estimate of drug-likeness (QED) is 0.623. The average molecular weight is 457 g/mol. The predicted octanol–water partition coefficient (Wildman–Crippen LogP) is 3.65. The van der Waals surface area contributed by atoms with Crippen molar-refractivity contribution in [2.45, 2.75) is 37.9 Å². The summed E-state index contributed by atoms with van der Waals surface area (Å²) in [6, 6.07) is 13.3. The minimum atomic E-state index is -0.236. The van der Waals surface area contributed by atoms with Crippen LogP contribution in [0.4, 0.5) is 16.3 Å². The fourth-order valence-corrected chi connectivity index (χ4v) is 4.85. The minimum Gasteiger partial charge on any atom is -0.492 e. The molecule has 32 heavy (non-hydrogen) atoms. The number of piperidine rings is 1. The predicted molar refractivity (Wildman–Crippen MR) is 122 cm³/mol. The van der Waals surface area contributed by atoms with Crippen molar-refractivity contribution in [2.75, 3.05) is 30.3 Å². The lowest BCUT2D eigenvalue weighted by Gasteiger charge is -2.41. The largest absolute Gasteiger partial charge is 0.492 e. The molecule has 3 aromatic rings. The molecule has 0 amide bonds. The first-order chi connectivity index (χ1) is 15.5. The molecule has 2 aliphatic rings. The zero-order chi connectivity index (χ0) is 22.1. The van der Waals surface area contributed by atoms with Gasteiger partial charge in [-0.05, 0) is 55.2 Å². The van der Waals surface area contributed by atoms with Crippen molar-refractivity contribution in [1.29, 1.82) is 0 Å². The summed E-state index contributed by atoms with van der Waals surface area (Å²) in [6.07, 6.45) is 2.75. The lowest BCUT2D eigenvalue weighted by atomic mass is 9.97. The molecule has 9 heteroatoms. The summed E-state index contributed by atoms with van der Waals surface area (Å²) < 4.78 is 20.1. The van der Waals surface area contributed by atoms with E-state index in [4.69, 9.17) is 22.1 Å². The van der Waals surface area contributed by atoms with Gasteiger partial charge in [0.05, 0.1) is 0 Å². The van der Waals surface area contributed by atoms with Gasteiger partial charge < -0.3 is 15.4 Å². The van der Waals surface area contributed by atoms with Gasteiger partial charge >= 0.3 is 0 Å². The van der Waals surface area contributed by atoms with E-state index >= 15 is 0 Å². The highest BCUT2D eigenvalue weighted by Gasteiger charge is 2.33. The molecule has 3 N–H and O–H groups in total. The highest BCUT2D eigenvalue weighted by atomic mass is 35.5. The summed E-state index contributed by atoms with van der Waals surface area (Å²) in [7, 11) is 0. The average Bonchev–Trinajstić information content (AvgIpc) is 3.15. The van der Waals surface area contributed by atoms with E-state index < -0.39 is 0 Å². The molecule has 1 atom stereocenters. The number of aromatic amines is 1. The van der Waals surface area contributed by atoms with Crippen LogP contribution in [0.5, 0.6) is 5.75 Å². The summed E-state index contributed by atoms with van der Waals surface area (Å²) in [4.78, 5) is 8.90. The van der Waals surface area contributed by atoms with Gasteiger partial charge in [-0.3, -0.25) is 4.90 Å². The van der Waals surface area contributed by atoms with Crippen LogP contribution in [0, 0.1) is 5.82 Å². The Kier molecular flexibility index (Phi) is 5.89. The molecule has 0 bridgehead atoms. The number of ether oxygens (including phenoxy) is 1. The van der Waals surface area contributed by atoms with Crippen molar-refractivity contribution in [3.05, 3.63) is 64.4 Å². The zero-order valence-corrected chi connectivity index (χ0v) is 18.4. The Balaban J connectivity index is 1.36. The Morgan fingerprint density at radius 2 is 1.94 bits per heavy atom. The van der Waals surface area contributed by atoms with E-state index in [1.165, 1.54) is 11.6 Å². The second-order valence-corrected chi connectivity index (χ2v) is 8.90. The van der Waals surface area contributed by atoms with Crippen LogP contribution in [-0.2, 0) is 13.0 Å². The molecule has 5 rings (SSSR count). The van der Waals surface area contributed by atoms with Gasteiger partial charge in [0.15, 0.2) is 0 Å². The lowest BCUT2D eigenvalue weighted by molar-refractivity contribution is 0.0833. The van der Waals surface area contributed by atoms with Crippen LogP contribution >= 0.6 is 11.6 Å². The van der Waals surface area contributed by atoms with Crippen LogP contribution in [0.3, 0.4) is 0 Å². The Hall–Kier alpha value is -2.84. The number of anilines is 2. The van der Waals surface area contributed by atoms with Crippen LogP contribution in [0.2, 0.25) is 5.02 Å². The fraction of sp³-hybridized carbons (Fsp3) is 0.391. The van der Waals surface area contributed by atoms with Crippen molar-refractivity contribution >= 4 is 23.5 Å². The number of halogens is 2. The third-order valence-electron chi connectivity index (χ3n) is 6.37. The summed E-state index contributed by atoms with van der Waals surface area (Å²) >= 11 is 6.08. The summed E-state index contributed by atoms with van der Waals surface area (Å²) in [5, 5.41) is 7.62. The molecule has 3 heterocycles. The molecule has 7 nitrogen and oxygen atoms in total. The van der Waals surface area contributed by atoms with Crippen LogP contribution in [0.15, 0.2) is 42.5 Å². The van der Waals surface area contributed by atoms with E-state index in [0.717, 1.165) is 48.7 Å². The molecular weight excluding hydrogens is 431 g/mol. The number of H-pyrrole nitrogens is 1. The number of aromatic nitrogens is 3. The number of hydrogen-bond acceptors (Lipinski definition) is 6. The van der Waals surface area contributed by atoms with Gasteiger partial charge in [-0.25, -0.2) is 9.49 Å². The Labute approximate surface area is 191 Å². The topological polar surface area (TPSA) is 83.3 Å². The standard InChI is InChI=1S/C23H26ClFN6O/c24-17-3-1-15(2-4-17)11-20-14-32-21-6-5-18(25)12-16(21)13-31(20)19-7-9-30(10-8-19)23-27-22(26)28-29-23/h1-6,12,19-20H,7-11,13-14H2,(H3,26,27,28,29). The van der Waals surface area contributed by atoms with Gasteiger partial charge in [0, 0.05) is 42.3 Å². The SMILES string of the molecule is Nc1nc(N2CCC(N3Cc4cc(F)ccc4OCC3Cc3ccc(Cl)cc3)CC2)n[nH]1. The van der Waals surface area contributed by atoms with E-state index in [0.29, 0.717) is 31.1 Å². The normalized spacial score (nSPS) is 19.9. The maximum Gasteiger partial charge on any atom is 0.246 e. The molecule has 0 saturated carbocycles. The maximum atomic E-state index is 14.0. The molecule has 1 fully saturated rings. The summed E-state index contributed by atoms with van der Waals surface area (Å²) in [6.45, 7) is 2.88. The van der Waals surface area contributed by atoms with Crippen LogP contribution in [0.25, 0.3) is 0 Å². The number of nitrogens with one attached hydrogen (secondary N) is 1. The number of rotatable bonds is 4. The molecule has 2 aromatic carbocycles. The first kappa shape index (κ1) is 21.0. The molecule has 1 unspecified atom stereocenters. The van der Waals surface area contributed by atoms with Crippen molar-refractivity contribution in [3.8, 4) is 5.75 Å². The molecule has 1 saturated heterocycles. The second kappa shape index (κ2) is 8.96. The highest BCUT2D eigenvalue weighted by Crippen LogP contribution is 2.31. The van der Waals surface area contributed by atoms with Crippen molar-refractivity contribution in [1.82, 2.24) is 20.1 Å². The Bertz CT molecular complexity index is 1070. The van der Waals surface area contributed by atoms with Crippen molar-refractivity contribution in [3.63, 3.8) is 0 Å². The lowest BCUT2D eigenvalue weighted by Crippen LogP contribution is -2.50. The van der Waals surface area contributed by atoms with E-state index in [1.54, 1.807) is 12.1 Å². The van der Waals surface area contributed by atoms with Crippen molar-refractivity contribution in [2.24, 2.45) is 0 Å². The molecule has 0 radical (unpaired) electrons. The van der Waals surface area contributed by atoms with Crippen LogP contribution in [-0.4, -0.2) is 51.9 Å². The van der Waals surface area contributed by atoms with Gasteiger partial charge in [0.2, 0.25) is 11.9 Å². The third-order valence-corrected chi connectivity index (χ3v) is 6.62. The van der Waals surface area contributed by atoms with E-state index in [2.05, 4.69) is 37.1 Å². The second-order valence-electron chi connectivity index (χ2n) is 8.46. The van der Waals surface area contributed by atoms with E-state index in [-0.39, 0.29) is 11.9 Å². The van der Waals surface area contributed by atoms with Gasteiger partial charge in [0.1, 0.15) is 18.2 Å². The molecule has 0 aliphatic carbocycles. The van der Waals surface area contributed by atoms with Crippen LogP contribution < -0.4 is 15.4 Å². The van der Waals surface area contributed by atoms with Gasteiger partial charge in [0.25, 0.3) is 0 Å². The van der Waals surface area contributed by atoms with Gasteiger partial charge in [-0.2, -0.15) is 4.98 Å². The Morgan fingerprint density at radius 1 is 1.16 bits per heavy atom. The Morgan fingerprint density at radius 3 is 2.66 bits per heavy atom. The maximum absolute atomic E-state index is 14.0. The monoisotopic (exact) mass is 456 g/mol. The fourth-order valence-electron chi connectivity index (χ4n) is 4.72. The first-order valence-electron chi connectivity index (χ1n) is 10.9. The number of hydrogen-bond donors (Lipinski definition) is 2. The summed E-state index contributed by atoms with van der Waals surface area (Å²) in [5.74, 6) is 1.50. The number of nitrogens with zero attached hydrogens (tertiary/aromatic N) is 4. The third kappa shape index (κ3) is 4.52. The van der Waals surface area contributed by atoms with Crippen LogP contribution in [0.1, 0.15) is 24.0 Å². The van der Waals surface area contributed by atoms with E-state index in [1.807, 2.05) is 12.1 Å².